The predicted octanol–water partition coefficient (Wildman–Crippen LogP) is 0.768. The van der Waals surface area contributed by atoms with Crippen LogP contribution in [0.15, 0.2) is 46.2 Å². The van der Waals surface area contributed by atoms with Crippen molar-refractivity contribution in [3.63, 3.8) is 0 Å². The molecule has 3 aromatic rings. The van der Waals surface area contributed by atoms with Gasteiger partial charge in [0.1, 0.15) is 5.78 Å². The van der Waals surface area contributed by atoms with Gasteiger partial charge in [-0.15, -0.1) is 0 Å². The van der Waals surface area contributed by atoms with Gasteiger partial charge in [0.2, 0.25) is 0 Å². The predicted molar refractivity (Wildman–Crippen MR) is 101 cm³/mol. The number of aromatic nitrogens is 4. The molecule has 1 unspecified atom stereocenters. The van der Waals surface area contributed by atoms with Crippen LogP contribution in [0, 0.1) is 0 Å². The highest BCUT2D eigenvalue weighted by atomic mass is 16.3. The molecule has 1 aromatic carbocycles. The molecule has 0 bridgehead atoms. The van der Waals surface area contributed by atoms with Crippen LogP contribution >= 0.6 is 0 Å². The Morgan fingerprint density at radius 1 is 1.19 bits per heavy atom. The summed E-state index contributed by atoms with van der Waals surface area (Å²) in [5, 5.41) is 9.56. The number of benzene rings is 1. The topological polar surface area (TPSA) is 99.1 Å². The zero-order chi connectivity index (χ0) is 19.6. The van der Waals surface area contributed by atoms with Crippen molar-refractivity contribution >= 4 is 16.9 Å². The minimum atomic E-state index is -0.642. The van der Waals surface area contributed by atoms with Gasteiger partial charge in [-0.3, -0.25) is 18.7 Å². The number of carbonyl (C=O) groups excluding carboxylic acids is 1. The third-order valence-corrected chi connectivity index (χ3v) is 4.33. The van der Waals surface area contributed by atoms with Gasteiger partial charge in [-0.25, -0.2) is 9.78 Å². The number of aliphatic hydroxyl groups is 1. The maximum Gasteiger partial charge on any atom is 0.333 e. The van der Waals surface area contributed by atoms with E-state index in [-0.39, 0.29) is 43.0 Å². The molecule has 0 saturated heterocycles. The molecule has 2 aromatic heterocycles. The molecule has 0 fully saturated rings. The zero-order valence-electron chi connectivity index (χ0n) is 15.3. The van der Waals surface area contributed by atoms with Gasteiger partial charge in [0.15, 0.2) is 11.2 Å². The number of rotatable bonds is 7. The fourth-order valence-corrected chi connectivity index (χ4v) is 3.02. The molecule has 8 nitrogen and oxygen atoms in total. The van der Waals surface area contributed by atoms with Gasteiger partial charge in [0, 0.05) is 6.54 Å². The molecular formula is C19H22N4O4. The Kier molecular flexibility index (Phi) is 5.36. The lowest BCUT2D eigenvalue weighted by Gasteiger charge is -2.13. The standard InChI is InChI=1S/C19H22N4O4/c1-13(24)8-9-22-18(26)16-17(20-12-21(16)10-14(2)25)23(19(22)27)11-15-6-4-3-5-7-15/h3-7,12-13,24H,8-11H2,1-2H3. The Labute approximate surface area is 155 Å². The second-order valence-electron chi connectivity index (χ2n) is 6.70. The van der Waals surface area contributed by atoms with Crippen LogP contribution in [0.4, 0.5) is 0 Å². The van der Waals surface area contributed by atoms with Crippen LogP contribution in [0.2, 0.25) is 0 Å². The molecule has 2 heterocycles. The van der Waals surface area contributed by atoms with E-state index in [4.69, 9.17) is 0 Å². The fraction of sp³-hybridized carbons (Fsp3) is 0.368. The maximum atomic E-state index is 13.0. The van der Waals surface area contributed by atoms with Crippen LogP contribution in [-0.4, -0.2) is 35.7 Å². The van der Waals surface area contributed by atoms with Crippen LogP contribution < -0.4 is 11.2 Å². The van der Waals surface area contributed by atoms with Gasteiger partial charge in [-0.2, -0.15) is 0 Å². The van der Waals surface area contributed by atoms with Crippen molar-refractivity contribution in [2.45, 2.75) is 46.0 Å². The number of hydrogen-bond acceptors (Lipinski definition) is 5. The van der Waals surface area contributed by atoms with E-state index < -0.39 is 17.4 Å². The third kappa shape index (κ3) is 3.90. The smallest absolute Gasteiger partial charge is 0.333 e. The number of imidazole rings is 1. The minimum Gasteiger partial charge on any atom is -0.393 e. The Bertz CT molecular complexity index is 1080. The lowest BCUT2D eigenvalue weighted by Crippen LogP contribution is -2.41. The van der Waals surface area contributed by atoms with Gasteiger partial charge in [-0.1, -0.05) is 30.3 Å². The van der Waals surface area contributed by atoms with Gasteiger partial charge >= 0.3 is 5.69 Å². The summed E-state index contributed by atoms with van der Waals surface area (Å²) >= 11 is 0. The summed E-state index contributed by atoms with van der Waals surface area (Å²) in [6.45, 7) is 3.38. The number of nitrogens with zero attached hydrogens (tertiary/aromatic N) is 4. The van der Waals surface area contributed by atoms with E-state index in [9.17, 15) is 19.5 Å². The highest BCUT2D eigenvalue weighted by molar-refractivity contribution is 5.78. The van der Waals surface area contributed by atoms with E-state index in [0.717, 1.165) is 10.1 Å². The Morgan fingerprint density at radius 3 is 2.52 bits per heavy atom. The molecule has 0 aliphatic carbocycles. The number of aliphatic hydroxyl groups excluding tert-OH is 1. The Morgan fingerprint density at radius 2 is 1.89 bits per heavy atom. The number of fused-ring (bicyclic) bond motifs is 1. The van der Waals surface area contributed by atoms with Crippen LogP contribution in [0.3, 0.4) is 0 Å². The van der Waals surface area contributed by atoms with Crippen molar-refractivity contribution in [1.82, 2.24) is 18.7 Å². The molecule has 0 saturated carbocycles. The molecule has 142 valence electrons. The van der Waals surface area contributed by atoms with Crippen molar-refractivity contribution in [1.29, 1.82) is 0 Å². The Hall–Kier alpha value is -3.00. The Balaban J connectivity index is 2.22. The highest BCUT2D eigenvalue weighted by Crippen LogP contribution is 2.10. The molecule has 1 atom stereocenters. The largest absolute Gasteiger partial charge is 0.393 e. The van der Waals surface area contributed by atoms with Crippen molar-refractivity contribution in [2.75, 3.05) is 0 Å². The number of carbonyl (C=O) groups is 1. The van der Waals surface area contributed by atoms with Crippen LogP contribution in [-0.2, 0) is 24.4 Å². The lowest BCUT2D eigenvalue weighted by molar-refractivity contribution is -0.117. The van der Waals surface area contributed by atoms with Gasteiger partial charge in [0.25, 0.3) is 5.56 Å². The molecule has 27 heavy (non-hydrogen) atoms. The summed E-state index contributed by atoms with van der Waals surface area (Å²) in [4.78, 5) is 41.7. The first-order chi connectivity index (χ1) is 12.9. The molecule has 0 radical (unpaired) electrons. The first-order valence-corrected chi connectivity index (χ1v) is 8.78. The van der Waals surface area contributed by atoms with Gasteiger partial charge in [-0.05, 0) is 25.8 Å². The summed E-state index contributed by atoms with van der Waals surface area (Å²) in [6.07, 6.45) is 1.04. The quantitative estimate of drug-likeness (QED) is 0.662. The summed E-state index contributed by atoms with van der Waals surface area (Å²) in [6, 6.07) is 9.39. The van der Waals surface area contributed by atoms with Crippen molar-refractivity contribution < 1.29 is 9.90 Å². The molecular weight excluding hydrogens is 348 g/mol. The second-order valence-corrected chi connectivity index (χ2v) is 6.70. The van der Waals surface area contributed by atoms with E-state index in [1.807, 2.05) is 30.3 Å². The average molecular weight is 370 g/mol. The maximum absolute atomic E-state index is 13.0. The van der Waals surface area contributed by atoms with Gasteiger partial charge in [0.05, 0.1) is 25.5 Å². The fourth-order valence-electron chi connectivity index (χ4n) is 3.02. The first-order valence-electron chi connectivity index (χ1n) is 8.78. The van der Waals surface area contributed by atoms with E-state index in [2.05, 4.69) is 4.98 Å². The molecule has 0 aliphatic heterocycles. The molecule has 0 aliphatic rings. The van der Waals surface area contributed by atoms with Crippen molar-refractivity contribution in [3.8, 4) is 0 Å². The normalized spacial score (nSPS) is 12.4. The van der Waals surface area contributed by atoms with Crippen molar-refractivity contribution in [2.24, 2.45) is 0 Å². The minimum absolute atomic E-state index is 0.00564. The monoisotopic (exact) mass is 370 g/mol. The van der Waals surface area contributed by atoms with E-state index in [0.29, 0.717) is 0 Å². The van der Waals surface area contributed by atoms with E-state index >= 15 is 0 Å². The van der Waals surface area contributed by atoms with E-state index in [1.165, 1.54) is 22.4 Å². The number of hydrogen-bond donors (Lipinski definition) is 1. The zero-order valence-corrected chi connectivity index (χ0v) is 15.3. The van der Waals surface area contributed by atoms with E-state index in [1.54, 1.807) is 6.92 Å². The average Bonchev–Trinajstić information content (AvgIpc) is 3.02. The summed E-state index contributed by atoms with van der Waals surface area (Å²) < 4.78 is 4.01. The number of Topliss-reactive ketones (excluding diaryl/α,β-unsaturated/α-hetero) is 1. The molecule has 3 rings (SSSR count). The summed E-state index contributed by atoms with van der Waals surface area (Å²) in [5.74, 6) is -0.120. The lowest BCUT2D eigenvalue weighted by atomic mass is 10.2. The van der Waals surface area contributed by atoms with Gasteiger partial charge < -0.3 is 9.67 Å². The molecule has 1 N–H and O–H groups in total. The molecule has 8 heteroatoms. The summed E-state index contributed by atoms with van der Waals surface area (Å²) in [7, 11) is 0. The number of ketones is 1. The summed E-state index contributed by atoms with van der Waals surface area (Å²) in [5.41, 5.74) is 0.376. The second kappa shape index (κ2) is 7.71. The third-order valence-electron chi connectivity index (χ3n) is 4.33. The van der Waals surface area contributed by atoms with Crippen LogP contribution in [0.1, 0.15) is 25.8 Å². The molecule has 0 spiro atoms. The van der Waals surface area contributed by atoms with Crippen molar-refractivity contribution in [3.05, 3.63) is 63.1 Å². The highest BCUT2D eigenvalue weighted by Gasteiger charge is 2.19. The molecule has 0 amide bonds. The SMILES string of the molecule is CC(=O)Cn1cnc2c1c(=O)n(CCC(C)O)c(=O)n2Cc1ccccc1. The van der Waals surface area contributed by atoms with Crippen LogP contribution in [0.5, 0.6) is 0 Å². The van der Waals surface area contributed by atoms with Crippen LogP contribution in [0.25, 0.3) is 11.2 Å². The first kappa shape index (κ1) is 18.8.